The van der Waals surface area contributed by atoms with Crippen molar-refractivity contribution in [3.63, 3.8) is 0 Å². The Balaban J connectivity index is 1.74. The number of nitrogens with zero attached hydrogens (tertiary/aromatic N) is 3. The molecule has 1 aliphatic rings. The lowest BCUT2D eigenvalue weighted by Crippen LogP contribution is -2.48. The Morgan fingerprint density at radius 1 is 1.37 bits per heavy atom. The Morgan fingerprint density at radius 2 is 2.22 bits per heavy atom. The van der Waals surface area contributed by atoms with Gasteiger partial charge in [0.2, 0.25) is 0 Å². The predicted octanol–water partition coefficient (Wildman–Crippen LogP) is 3.23. The Hall–Kier alpha value is -2.55. The van der Waals surface area contributed by atoms with Crippen molar-refractivity contribution in [2.24, 2.45) is 4.99 Å². The van der Waals surface area contributed by atoms with Gasteiger partial charge in [0.05, 0.1) is 25.3 Å². The van der Waals surface area contributed by atoms with Crippen LogP contribution in [0.15, 0.2) is 46.1 Å². The summed E-state index contributed by atoms with van der Waals surface area (Å²) >= 11 is 0. The average molecular weight is 382 g/mol. The Bertz CT molecular complexity index is 762. The lowest BCUT2D eigenvalue weighted by atomic mass is 10.0. The van der Waals surface area contributed by atoms with Crippen molar-refractivity contribution in [1.82, 2.24) is 15.4 Å². The number of nitrogens with one attached hydrogen (secondary N) is 1. The standard InChI is InChI=1S/C18H21F3N4O2/c1-2-22-17(23-11-15-6-8-27-24-15)25-7-9-26-16(12-25)13-4-3-5-14(10-13)18(19,20)21/h3-6,8,10,16H,2,7,9,11-12H2,1H3,(H,22,23). The molecular weight excluding hydrogens is 361 g/mol. The topological polar surface area (TPSA) is 62.9 Å². The molecule has 0 radical (unpaired) electrons. The van der Waals surface area contributed by atoms with Gasteiger partial charge in [-0.15, -0.1) is 0 Å². The van der Waals surface area contributed by atoms with Gasteiger partial charge in [-0.3, -0.25) is 0 Å². The number of hydrogen-bond acceptors (Lipinski definition) is 4. The molecule has 0 saturated carbocycles. The normalized spacial score (nSPS) is 18.6. The second-order valence-corrected chi connectivity index (χ2v) is 6.09. The zero-order valence-corrected chi connectivity index (χ0v) is 14.9. The largest absolute Gasteiger partial charge is 0.416 e. The van der Waals surface area contributed by atoms with Crippen LogP contribution in [-0.2, 0) is 17.5 Å². The summed E-state index contributed by atoms with van der Waals surface area (Å²) in [5.41, 5.74) is 0.530. The molecule has 2 aromatic rings. The van der Waals surface area contributed by atoms with E-state index in [1.54, 1.807) is 12.1 Å². The van der Waals surface area contributed by atoms with Crippen LogP contribution in [-0.4, -0.2) is 42.3 Å². The zero-order chi connectivity index (χ0) is 19.3. The van der Waals surface area contributed by atoms with Gasteiger partial charge in [0, 0.05) is 19.2 Å². The van der Waals surface area contributed by atoms with Crippen molar-refractivity contribution in [3.8, 4) is 0 Å². The van der Waals surface area contributed by atoms with Crippen LogP contribution in [0.4, 0.5) is 13.2 Å². The first-order chi connectivity index (χ1) is 13.0. The fourth-order valence-electron chi connectivity index (χ4n) is 2.86. The van der Waals surface area contributed by atoms with Gasteiger partial charge < -0.3 is 19.5 Å². The smallest absolute Gasteiger partial charge is 0.370 e. The highest BCUT2D eigenvalue weighted by atomic mass is 19.4. The number of guanidine groups is 1. The summed E-state index contributed by atoms with van der Waals surface area (Å²) in [6, 6.07) is 7.01. The number of ether oxygens (including phenoxy) is 1. The molecule has 146 valence electrons. The molecular formula is C18H21F3N4O2. The van der Waals surface area contributed by atoms with Gasteiger partial charge in [-0.2, -0.15) is 13.2 Å². The van der Waals surface area contributed by atoms with E-state index >= 15 is 0 Å². The average Bonchev–Trinajstić information content (AvgIpc) is 3.18. The molecule has 1 aromatic heterocycles. The van der Waals surface area contributed by atoms with Gasteiger partial charge in [0.1, 0.15) is 18.1 Å². The molecule has 1 aliphatic heterocycles. The highest BCUT2D eigenvalue weighted by Gasteiger charge is 2.32. The summed E-state index contributed by atoms with van der Waals surface area (Å²) in [5, 5.41) is 7.03. The zero-order valence-electron chi connectivity index (χ0n) is 14.9. The molecule has 0 amide bonds. The van der Waals surface area contributed by atoms with Crippen molar-refractivity contribution >= 4 is 5.96 Å². The van der Waals surface area contributed by atoms with Crippen LogP contribution in [0.1, 0.15) is 29.8 Å². The number of alkyl halides is 3. The predicted molar refractivity (Wildman–Crippen MR) is 93.0 cm³/mol. The van der Waals surface area contributed by atoms with Crippen LogP contribution in [0, 0.1) is 0 Å². The van der Waals surface area contributed by atoms with Crippen molar-refractivity contribution in [3.05, 3.63) is 53.4 Å². The first kappa shape index (κ1) is 19.2. The van der Waals surface area contributed by atoms with Crippen molar-refractivity contribution in [1.29, 1.82) is 0 Å². The molecule has 27 heavy (non-hydrogen) atoms. The summed E-state index contributed by atoms with van der Waals surface area (Å²) < 4.78 is 49.5. The van der Waals surface area contributed by atoms with Crippen LogP contribution in [0.5, 0.6) is 0 Å². The fraction of sp³-hybridized carbons (Fsp3) is 0.444. The molecule has 1 aromatic carbocycles. The molecule has 1 atom stereocenters. The Kier molecular flexibility index (Phi) is 6.00. The second kappa shape index (κ2) is 8.43. The van der Waals surface area contributed by atoms with Crippen LogP contribution in [0.25, 0.3) is 0 Å². The van der Waals surface area contributed by atoms with Gasteiger partial charge in [0.25, 0.3) is 0 Å². The molecule has 3 rings (SSSR count). The lowest BCUT2D eigenvalue weighted by molar-refractivity contribution is -0.137. The van der Waals surface area contributed by atoms with E-state index in [0.717, 1.165) is 12.1 Å². The quantitative estimate of drug-likeness (QED) is 0.650. The minimum absolute atomic E-state index is 0.352. The molecule has 0 bridgehead atoms. The number of benzene rings is 1. The number of morpholine rings is 1. The molecule has 9 heteroatoms. The maximum Gasteiger partial charge on any atom is 0.416 e. The second-order valence-electron chi connectivity index (χ2n) is 6.09. The van der Waals surface area contributed by atoms with Crippen molar-refractivity contribution in [2.45, 2.75) is 25.7 Å². The van der Waals surface area contributed by atoms with E-state index < -0.39 is 17.8 Å². The van der Waals surface area contributed by atoms with Gasteiger partial charge >= 0.3 is 6.18 Å². The van der Waals surface area contributed by atoms with Crippen molar-refractivity contribution in [2.75, 3.05) is 26.2 Å². The van der Waals surface area contributed by atoms with Gasteiger partial charge in [-0.05, 0) is 24.6 Å². The molecule has 6 nitrogen and oxygen atoms in total. The third-order valence-corrected chi connectivity index (χ3v) is 4.17. The summed E-state index contributed by atoms with van der Waals surface area (Å²) in [6.07, 6.45) is -3.36. The number of hydrogen-bond donors (Lipinski definition) is 1. The monoisotopic (exact) mass is 382 g/mol. The molecule has 0 aliphatic carbocycles. The molecule has 0 spiro atoms. The molecule has 2 heterocycles. The van der Waals surface area contributed by atoms with E-state index in [1.165, 1.54) is 12.3 Å². The van der Waals surface area contributed by atoms with Crippen LogP contribution in [0.3, 0.4) is 0 Å². The maximum absolute atomic E-state index is 13.0. The Morgan fingerprint density at radius 3 is 2.93 bits per heavy atom. The molecule has 1 fully saturated rings. The first-order valence-electron chi connectivity index (χ1n) is 8.68. The number of aliphatic imine (C=N–C) groups is 1. The minimum atomic E-state index is -4.38. The number of halogens is 3. The number of aromatic nitrogens is 1. The summed E-state index contributed by atoms with van der Waals surface area (Å²) in [4.78, 5) is 6.52. The third kappa shape index (κ3) is 5.00. The maximum atomic E-state index is 13.0. The highest BCUT2D eigenvalue weighted by Crippen LogP contribution is 2.32. The SMILES string of the molecule is CCNC(=NCc1ccon1)N1CCOC(c2cccc(C(F)(F)F)c2)C1. The van der Waals surface area contributed by atoms with Crippen LogP contribution >= 0.6 is 0 Å². The van der Waals surface area contributed by atoms with Crippen LogP contribution in [0.2, 0.25) is 0 Å². The molecule has 1 N–H and O–H groups in total. The van der Waals surface area contributed by atoms with Gasteiger partial charge in [0.15, 0.2) is 5.96 Å². The van der Waals surface area contributed by atoms with E-state index in [4.69, 9.17) is 9.26 Å². The van der Waals surface area contributed by atoms with Gasteiger partial charge in [-0.1, -0.05) is 17.3 Å². The summed E-state index contributed by atoms with van der Waals surface area (Å²) in [7, 11) is 0. The van der Waals surface area contributed by atoms with E-state index in [9.17, 15) is 13.2 Å². The minimum Gasteiger partial charge on any atom is -0.370 e. The summed E-state index contributed by atoms with van der Waals surface area (Å²) in [5.74, 6) is 0.667. The van der Waals surface area contributed by atoms with Gasteiger partial charge in [-0.25, -0.2) is 4.99 Å². The van der Waals surface area contributed by atoms with E-state index in [-0.39, 0.29) is 0 Å². The Labute approximate surface area is 155 Å². The van der Waals surface area contributed by atoms with E-state index in [1.807, 2.05) is 11.8 Å². The van der Waals surface area contributed by atoms with Crippen LogP contribution < -0.4 is 5.32 Å². The van der Waals surface area contributed by atoms with E-state index in [2.05, 4.69) is 15.5 Å². The lowest BCUT2D eigenvalue weighted by Gasteiger charge is -2.35. The molecule has 1 unspecified atom stereocenters. The third-order valence-electron chi connectivity index (χ3n) is 4.17. The highest BCUT2D eigenvalue weighted by molar-refractivity contribution is 5.80. The molecule has 1 saturated heterocycles. The van der Waals surface area contributed by atoms with E-state index in [0.29, 0.717) is 50.0 Å². The number of rotatable bonds is 4. The first-order valence-corrected chi connectivity index (χ1v) is 8.68. The summed E-state index contributed by atoms with van der Waals surface area (Å²) in [6.45, 7) is 4.38. The van der Waals surface area contributed by atoms with Crippen molar-refractivity contribution < 1.29 is 22.4 Å². The fourth-order valence-corrected chi connectivity index (χ4v) is 2.86.